The van der Waals surface area contributed by atoms with Gasteiger partial charge in [0, 0.05) is 26.3 Å². The largest absolute Gasteiger partial charge is 0.496 e. The van der Waals surface area contributed by atoms with Crippen molar-refractivity contribution in [3.8, 4) is 5.75 Å². The van der Waals surface area contributed by atoms with Crippen LogP contribution in [-0.4, -0.2) is 69.7 Å². The predicted octanol–water partition coefficient (Wildman–Crippen LogP) is 3.66. The van der Waals surface area contributed by atoms with Crippen LogP contribution in [0.1, 0.15) is 55.2 Å². The van der Waals surface area contributed by atoms with Gasteiger partial charge in [-0.15, -0.1) is 0 Å². The van der Waals surface area contributed by atoms with Gasteiger partial charge in [0.15, 0.2) is 0 Å². The first kappa shape index (κ1) is 27.3. The summed E-state index contributed by atoms with van der Waals surface area (Å²) < 4.78 is 11.2. The molecule has 4 rings (SSSR count). The number of hydrogen-bond acceptors (Lipinski definition) is 5. The molecule has 2 heterocycles. The van der Waals surface area contributed by atoms with Crippen molar-refractivity contribution in [3.63, 3.8) is 0 Å². The summed E-state index contributed by atoms with van der Waals surface area (Å²) in [6, 6.07) is 16.9. The van der Waals surface area contributed by atoms with Gasteiger partial charge >= 0.3 is 0 Å². The third kappa shape index (κ3) is 6.78. The Kier molecular flexibility index (Phi) is 9.72. The molecule has 0 aliphatic carbocycles. The van der Waals surface area contributed by atoms with E-state index in [0.717, 1.165) is 69.6 Å². The summed E-state index contributed by atoms with van der Waals surface area (Å²) >= 11 is 0. The van der Waals surface area contributed by atoms with Gasteiger partial charge in [-0.3, -0.25) is 4.79 Å². The molecule has 0 unspecified atom stereocenters. The topological polar surface area (TPSA) is 89.2 Å². The molecular weight excluding hydrogens is 464 g/mol. The van der Waals surface area contributed by atoms with E-state index in [1.54, 1.807) is 7.11 Å². The van der Waals surface area contributed by atoms with Crippen LogP contribution in [0.4, 0.5) is 0 Å². The fraction of sp³-hybridized carbons (Fsp3) is 0.533. The summed E-state index contributed by atoms with van der Waals surface area (Å²) in [5.74, 6) is 1.71. The molecule has 0 radical (unpaired) electrons. The Labute approximate surface area is 221 Å². The number of benzene rings is 2. The Bertz CT molecular complexity index is 1040. The lowest BCUT2D eigenvalue weighted by Crippen LogP contribution is -2.46. The molecule has 0 aromatic heterocycles. The molecule has 0 atom stereocenters. The molecule has 0 saturated carbocycles. The minimum absolute atomic E-state index is 0.194. The average Bonchev–Trinajstić information content (AvgIpc) is 2.96. The molecule has 3 N–H and O–H groups in total. The van der Waals surface area contributed by atoms with E-state index in [2.05, 4.69) is 58.5 Å². The maximum atomic E-state index is 12.7. The summed E-state index contributed by atoms with van der Waals surface area (Å²) in [5.41, 5.74) is 9.79. The number of methoxy groups -OCH3 is 1. The maximum absolute atomic E-state index is 12.7. The van der Waals surface area contributed by atoms with Gasteiger partial charge in [0.2, 0.25) is 0 Å². The number of amides is 1. The highest BCUT2D eigenvalue weighted by molar-refractivity contribution is 6.00. The number of para-hydroxylation sites is 1. The zero-order valence-corrected chi connectivity index (χ0v) is 22.4. The van der Waals surface area contributed by atoms with Gasteiger partial charge in [0.05, 0.1) is 19.1 Å². The number of aryl methyl sites for hydroxylation is 1. The Morgan fingerprint density at radius 1 is 1.14 bits per heavy atom. The van der Waals surface area contributed by atoms with E-state index in [0.29, 0.717) is 25.0 Å². The van der Waals surface area contributed by atoms with E-state index in [-0.39, 0.29) is 12.5 Å². The molecule has 2 aliphatic heterocycles. The van der Waals surface area contributed by atoms with Crippen molar-refractivity contribution >= 4 is 11.7 Å². The Hall–Kier alpha value is -2.74. The number of nitrogens with one attached hydrogen (secondary N) is 1. The summed E-state index contributed by atoms with van der Waals surface area (Å²) in [6.07, 6.45) is 4.69. The van der Waals surface area contributed by atoms with Crippen LogP contribution < -0.4 is 15.8 Å². The number of nitrogens with zero attached hydrogens (tertiary/aromatic N) is 2. The predicted molar refractivity (Wildman–Crippen MR) is 148 cm³/mol. The van der Waals surface area contributed by atoms with E-state index in [1.165, 1.54) is 11.1 Å². The molecule has 7 nitrogen and oxygen atoms in total. The summed E-state index contributed by atoms with van der Waals surface area (Å²) in [4.78, 5) is 19.5. The Balaban J connectivity index is 1.25. The molecular formula is C30H42N4O3. The van der Waals surface area contributed by atoms with E-state index < -0.39 is 5.41 Å². The van der Waals surface area contributed by atoms with E-state index >= 15 is 0 Å². The number of rotatable bonds is 10. The molecule has 2 aromatic rings. The lowest BCUT2D eigenvalue weighted by atomic mass is 9.73. The van der Waals surface area contributed by atoms with Crippen LogP contribution in [0.2, 0.25) is 0 Å². The fourth-order valence-corrected chi connectivity index (χ4v) is 5.66. The number of nitrogens with two attached hydrogens (primary N) is 1. The molecule has 7 heteroatoms. The van der Waals surface area contributed by atoms with Crippen molar-refractivity contribution in [2.45, 2.75) is 50.4 Å². The zero-order chi connectivity index (χ0) is 26.1. The number of aliphatic imine (C=N–C) groups is 1. The first-order valence-corrected chi connectivity index (χ1v) is 13.7. The molecule has 1 amide bonds. The van der Waals surface area contributed by atoms with Crippen LogP contribution >= 0.6 is 0 Å². The maximum Gasteiger partial charge on any atom is 0.261 e. The van der Waals surface area contributed by atoms with Crippen molar-refractivity contribution in [3.05, 3.63) is 65.2 Å². The fourth-order valence-electron chi connectivity index (χ4n) is 5.66. The third-order valence-corrected chi connectivity index (χ3v) is 8.04. The zero-order valence-electron chi connectivity index (χ0n) is 22.4. The normalized spacial score (nSPS) is 19.0. The molecule has 0 spiro atoms. The third-order valence-electron chi connectivity index (χ3n) is 8.04. The molecule has 2 saturated heterocycles. The first-order chi connectivity index (χ1) is 18.1. The number of piperidine rings is 1. The van der Waals surface area contributed by atoms with E-state index in [4.69, 9.17) is 15.2 Å². The van der Waals surface area contributed by atoms with Crippen LogP contribution in [0.25, 0.3) is 0 Å². The number of likely N-dealkylation sites (tertiary alicyclic amines) is 1. The number of carbonyl (C=O) groups is 1. The number of carbonyl (C=O) groups excluding carboxylic acids is 1. The van der Waals surface area contributed by atoms with Crippen LogP contribution in [-0.2, 0) is 21.4 Å². The lowest BCUT2D eigenvalue weighted by Gasteiger charge is -2.37. The van der Waals surface area contributed by atoms with Crippen molar-refractivity contribution in [2.24, 2.45) is 10.7 Å². The number of hydrogen-bond donors (Lipinski definition) is 2. The van der Waals surface area contributed by atoms with Crippen molar-refractivity contribution in [2.75, 3.05) is 53.0 Å². The highest BCUT2D eigenvalue weighted by Gasteiger charge is 2.38. The molecule has 2 fully saturated rings. The minimum atomic E-state index is -0.439. The Morgan fingerprint density at radius 3 is 2.51 bits per heavy atom. The summed E-state index contributed by atoms with van der Waals surface area (Å²) in [6.45, 7) is 7.33. The molecule has 2 aliphatic rings. The first-order valence-electron chi connectivity index (χ1n) is 13.7. The van der Waals surface area contributed by atoms with Gasteiger partial charge in [-0.2, -0.15) is 4.99 Å². The highest BCUT2D eigenvalue weighted by Crippen LogP contribution is 2.36. The van der Waals surface area contributed by atoms with Gasteiger partial charge in [-0.05, 0) is 73.9 Å². The SMILES string of the molecule is CCc1ccc(C2(C(N)=NC(=O)CNCCN3CCC(c4ccccc4OC)CC3)CCOCC2)cc1. The smallest absolute Gasteiger partial charge is 0.261 e. The molecule has 0 bridgehead atoms. The molecule has 2 aromatic carbocycles. The number of ether oxygens (including phenoxy) is 2. The summed E-state index contributed by atoms with van der Waals surface area (Å²) in [7, 11) is 1.74. The van der Waals surface area contributed by atoms with E-state index in [1.807, 2.05) is 12.1 Å². The second kappa shape index (κ2) is 13.2. The standard InChI is InChI=1S/C30H42N4O3/c1-3-23-8-10-25(11-9-23)30(14-20-37-21-15-30)29(31)33-28(35)22-32-16-19-34-17-12-24(13-18-34)26-6-4-5-7-27(26)36-2/h4-11,24,32H,3,12-22H2,1-2H3,(H2,31,33,35). The molecule has 200 valence electrons. The lowest BCUT2D eigenvalue weighted by molar-refractivity contribution is -0.117. The van der Waals surface area contributed by atoms with Crippen LogP contribution in [0.5, 0.6) is 5.75 Å². The van der Waals surface area contributed by atoms with Gasteiger partial charge in [-0.25, -0.2) is 0 Å². The van der Waals surface area contributed by atoms with Crippen LogP contribution in [0.15, 0.2) is 53.5 Å². The molecule has 37 heavy (non-hydrogen) atoms. The van der Waals surface area contributed by atoms with Gasteiger partial charge in [-0.1, -0.05) is 49.4 Å². The average molecular weight is 507 g/mol. The van der Waals surface area contributed by atoms with Crippen molar-refractivity contribution in [1.82, 2.24) is 10.2 Å². The quantitative estimate of drug-likeness (QED) is 0.290. The highest BCUT2D eigenvalue weighted by atomic mass is 16.5. The second-order valence-electron chi connectivity index (χ2n) is 10.2. The number of amidine groups is 1. The van der Waals surface area contributed by atoms with Gasteiger partial charge in [0.25, 0.3) is 5.91 Å². The monoisotopic (exact) mass is 506 g/mol. The van der Waals surface area contributed by atoms with E-state index in [9.17, 15) is 4.79 Å². The van der Waals surface area contributed by atoms with Crippen LogP contribution in [0.3, 0.4) is 0 Å². The minimum Gasteiger partial charge on any atom is -0.496 e. The second-order valence-corrected chi connectivity index (χ2v) is 10.2. The van der Waals surface area contributed by atoms with Crippen LogP contribution in [0, 0.1) is 0 Å². The van der Waals surface area contributed by atoms with Crippen molar-refractivity contribution < 1.29 is 14.3 Å². The van der Waals surface area contributed by atoms with Gasteiger partial charge in [0.1, 0.15) is 11.6 Å². The summed E-state index contributed by atoms with van der Waals surface area (Å²) in [5, 5.41) is 3.27. The Morgan fingerprint density at radius 2 is 1.84 bits per heavy atom. The van der Waals surface area contributed by atoms with Crippen molar-refractivity contribution in [1.29, 1.82) is 0 Å². The van der Waals surface area contributed by atoms with Gasteiger partial charge < -0.3 is 25.4 Å².